The van der Waals surface area contributed by atoms with Crippen LogP contribution in [0.25, 0.3) is 0 Å². The van der Waals surface area contributed by atoms with Crippen molar-refractivity contribution in [2.75, 3.05) is 7.05 Å². The van der Waals surface area contributed by atoms with Crippen molar-refractivity contribution in [1.82, 2.24) is 9.80 Å². The minimum atomic E-state index is -0.970. The molecule has 170 valence electrons. The molecule has 0 spiro atoms. The SMILES string of the molecule is CC(=O)C1CCC(N(C(=O)OC(C)(C)C)C(=O)C2CCC(N(C)C(=O)O)CC2)CC1. The van der Waals surface area contributed by atoms with Crippen molar-refractivity contribution in [2.24, 2.45) is 11.8 Å². The Morgan fingerprint density at radius 2 is 1.30 bits per heavy atom. The summed E-state index contributed by atoms with van der Waals surface area (Å²) in [7, 11) is 1.55. The number of hydrogen-bond acceptors (Lipinski definition) is 5. The number of imide groups is 1. The zero-order chi connectivity index (χ0) is 22.6. The number of amides is 3. The molecular weight excluding hydrogens is 388 g/mol. The van der Waals surface area contributed by atoms with Crippen LogP contribution in [0.2, 0.25) is 0 Å². The quantitative estimate of drug-likeness (QED) is 0.729. The Morgan fingerprint density at radius 3 is 1.73 bits per heavy atom. The van der Waals surface area contributed by atoms with E-state index in [4.69, 9.17) is 4.74 Å². The maximum atomic E-state index is 13.4. The molecule has 0 aromatic rings. The molecule has 2 aliphatic carbocycles. The summed E-state index contributed by atoms with van der Waals surface area (Å²) in [5, 5.41) is 9.17. The fourth-order valence-corrected chi connectivity index (χ4v) is 4.53. The van der Waals surface area contributed by atoms with E-state index in [1.54, 1.807) is 34.7 Å². The first-order valence-electron chi connectivity index (χ1n) is 10.9. The van der Waals surface area contributed by atoms with Crippen LogP contribution in [0.1, 0.15) is 79.1 Å². The van der Waals surface area contributed by atoms with E-state index in [9.17, 15) is 24.3 Å². The molecule has 0 saturated heterocycles. The molecule has 2 aliphatic rings. The lowest BCUT2D eigenvalue weighted by Crippen LogP contribution is -2.51. The van der Waals surface area contributed by atoms with Gasteiger partial charge >= 0.3 is 12.2 Å². The second-order valence-corrected chi connectivity index (χ2v) is 9.70. The number of carbonyl (C=O) groups excluding carboxylic acids is 3. The first-order chi connectivity index (χ1) is 13.9. The molecule has 2 fully saturated rings. The molecule has 0 bridgehead atoms. The Morgan fingerprint density at radius 1 is 0.833 bits per heavy atom. The van der Waals surface area contributed by atoms with Gasteiger partial charge in [0.15, 0.2) is 0 Å². The average Bonchev–Trinajstić information content (AvgIpc) is 2.66. The molecule has 3 amide bonds. The van der Waals surface area contributed by atoms with E-state index >= 15 is 0 Å². The molecule has 0 heterocycles. The summed E-state index contributed by atoms with van der Waals surface area (Å²) in [6.07, 6.45) is 3.24. The third-order valence-electron chi connectivity index (χ3n) is 6.36. The van der Waals surface area contributed by atoms with E-state index in [0.717, 1.165) is 0 Å². The summed E-state index contributed by atoms with van der Waals surface area (Å²) in [6.45, 7) is 6.90. The summed E-state index contributed by atoms with van der Waals surface area (Å²) < 4.78 is 5.54. The predicted molar refractivity (Wildman–Crippen MR) is 111 cm³/mol. The van der Waals surface area contributed by atoms with Crippen LogP contribution in [0.3, 0.4) is 0 Å². The average molecular weight is 425 g/mol. The number of Topliss-reactive ketones (excluding diaryl/α,β-unsaturated/α-hetero) is 1. The Hall–Kier alpha value is -2.12. The summed E-state index contributed by atoms with van der Waals surface area (Å²) >= 11 is 0. The smallest absolute Gasteiger partial charge is 0.417 e. The van der Waals surface area contributed by atoms with Crippen molar-refractivity contribution in [1.29, 1.82) is 0 Å². The van der Waals surface area contributed by atoms with E-state index in [1.165, 1.54) is 9.80 Å². The minimum absolute atomic E-state index is 0.00108. The van der Waals surface area contributed by atoms with Gasteiger partial charge in [0.1, 0.15) is 11.4 Å². The number of carboxylic acid groups (broad SMARTS) is 1. The first-order valence-corrected chi connectivity index (χ1v) is 10.9. The Kier molecular flexibility index (Phi) is 7.88. The van der Waals surface area contributed by atoms with Crippen molar-refractivity contribution in [3.8, 4) is 0 Å². The summed E-state index contributed by atoms with van der Waals surface area (Å²) in [5.41, 5.74) is -0.714. The third-order valence-corrected chi connectivity index (χ3v) is 6.36. The fourth-order valence-electron chi connectivity index (χ4n) is 4.53. The van der Waals surface area contributed by atoms with Gasteiger partial charge in [-0.25, -0.2) is 14.5 Å². The van der Waals surface area contributed by atoms with Crippen molar-refractivity contribution < 1.29 is 29.0 Å². The Labute approximate surface area is 178 Å². The molecule has 0 radical (unpaired) electrons. The highest BCUT2D eigenvalue weighted by atomic mass is 16.6. The largest absolute Gasteiger partial charge is 0.465 e. The maximum Gasteiger partial charge on any atom is 0.417 e. The highest BCUT2D eigenvalue weighted by molar-refractivity contribution is 5.94. The molecular formula is C22H36N2O6. The molecule has 8 heteroatoms. The van der Waals surface area contributed by atoms with Crippen molar-refractivity contribution >= 4 is 23.9 Å². The van der Waals surface area contributed by atoms with E-state index in [0.29, 0.717) is 51.4 Å². The van der Waals surface area contributed by atoms with Crippen LogP contribution in [0.15, 0.2) is 0 Å². The second kappa shape index (κ2) is 9.79. The standard InChI is InChI=1S/C22H36N2O6/c1-14(25)15-6-12-18(13-7-15)24(21(29)30-22(2,3)4)19(26)16-8-10-17(11-9-16)23(5)20(27)28/h15-18H,6-13H2,1-5H3,(H,27,28). The zero-order valence-corrected chi connectivity index (χ0v) is 18.8. The van der Waals surface area contributed by atoms with Gasteiger partial charge in [0.05, 0.1) is 0 Å². The summed E-state index contributed by atoms with van der Waals surface area (Å²) in [4.78, 5) is 51.8. The van der Waals surface area contributed by atoms with Crippen LogP contribution < -0.4 is 0 Å². The number of hydrogen-bond donors (Lipinski definition) is 1. The lowest BCUT2D eigenvalue weighted by atomic mass is 9.81. The van der Waals surface area contributed by atoms with E-state index in [1.807, 2.05) is 0 Å². The van der Waals surface area contributed by atoms with E-state index in [2.05, 4.69) is 0 Å². The highest BCUT2D eigenvalue weighted by Crippen LogP contribution is 2.33. The predicted octanol–water partition coefficient (Wildman–Crippen LogP) is 4.07. The Balaban J connectivity index is 2.10. The third kappa shape index (κ3) is 6.19. The van der Waals surface area contributed by atoms with Gasteiger partial charge in [-0.15, -0.1) is 0 Å². The second-order valence-electron chi connectivity index (χ2n) is 9.70. The van der Waals surface area contributed by atoms with Crippen LogP contribution in [-0.4, -0.2) is 63.5 Å². The highest BCUT2D eigenvalue weighted by Gasteiger charge is 2.40. The van der Waals surface area contributed by atoms with Crippen LogP contribution in [0.5, 0.6) is 0 Å². The van der Waals surface area contributed by atoms with E-state index in [-0.39, 0.29) is 35.6 Å². The van der Waals surface area contributed by atoms with Gasteiger partial charge in [-0.05, 0) is 79.1 Å². The van der Waals surface area contributed by atoms with Crippen LogP contribution in [0, 0.1) is 11.8 Å². The van der Waals surface area contributed by atoms with Gasteiger partial charge in [0.2, 0.25) is 5.91 Å². The van der Waals surface area contributed by atoms with Gasteiger partial charge in [0, 0.05) is 31.0 Å². The number of carbonyl (C=O) groups is 4. The van der Waals surface area contributed by atoms with Crippen LogP contribution >= 0.6 is 0 Å². The topological polar surface area (TPSA) is 104 Å². The molecule has 1 N–H and O–H groups in total. The fraction of sp³-hybridized carbons (Fsp3) is 0.818. The van der Waals surface area contributed by atoms with Gasteiger partial charge in [-0.3, -0.25) is 9.59 Å². The zero-order valence-electron chi connectivity index (χ0n) is 18.8. The number of ketones is 1. The molecule has 0 aromatic carbocycles. The number of rotatable bonds is 4. The molecule has 8 nitrogen and oxygen atoms in total. The lowest BCUT2D eigenvalue weighted by molar-refractivity contribution is -0.139. The van der Waals surface area contributed by atoms with Crippen LogP contribution in [0.4, 0.5) is 9.59 Å². The number of ether oxygens (including phenoxy) is 1. The molecule has 30 heavy (non-hydrogen) atoms. The van der Waals surface area contributed by atoms with Gasteiger partial charge in [-0.1, -0.05) is 0 Å². The van der Waals surface area contributed by atoms with Crippen molar-refractivity contribution in [2.45, 2.75) is 96.7 Å². The van der Waals surface area contributed by atoms with Gasteiger partial charge in [-0.2, -0.15) is 0 Å². The Bertz CT molecular complexity index is 655. The molecule has 0 aromatic heterocycles. The summed E-state index contributed by atoms with van der Waals surface area (Å²) in [6, 6.07) is -0.366. The van der Waals surface area contributed by atoms with Crippen molar-refractivity contribution in [3.63, 3.8) is 0 Å². The van der Waals surface area contributed by atoms with Crippen molar-refractivity contribution in [3.05, 3.63) is 0 Å². The lowest BCUT2D eigenvalue weighted by Gasteiger charge is -2.39. The van der Waals surface area contributed by atoms with Crippen LogP contribution in [-0.2, 0) is 14.3 Å². The number of nitrogens with zero attached hydrogens (tertiary/aromatic N) is 2. The minimum Gasteiger partial charge on any atom is -0.465 e. The molecule has 2 rings (SSSR count). The van der Waals surface area contributed by atoms with E-state index < -0.39 is 17.8 Å². The molecule has 2 saturated carbocycles. The monoisotopic (exact) mass is 424 g/mol. The molecule has 0 atom stereocenters. The van der Waals surface area contributed by atoms with Gasteiger partial charge in [0.25, 0.3) is 0 Å². The summed E-state index contributed by atoms with van der Waals surface area (Å²) in [5.74, 6) is -0.392. The molecule has 0 aliphatic heterocycles. The maximum absolute atomic E-state index is 13.4. The molecule has 0 unspecified atom stereocenters. The first kappa shape index (κ1) is 24.2. The van der Waals surface area contributed by atoms with Gasteiger partial charge < -0.3 is 14.7 Å². The normalized spacial score (nSPS) is 27.1.